The third-order valence-electron chi connectivity index (χ3n) is 3.77. The molecule has 1 aromatic carbocycles. The van der Waals surface area contributed by atoms with E-state index in [1.54, 1.807) is 16.8 Å². The van der Waals surface area contributed by atoms with E-state index in [9.17, 15) is 10.1 Å². The summed E-state index contributed by atoms with van der Waals surface area (Å²) in [6.07, 6.45) is 3.93. The van der Waals surface area contributed by atoms with Crippen LogP contribution < -0.4 is 5.73 Å². The predicted octanol–water partition coefficient (Wildman–Crippen LogP) is 2.55. The zero-order valence-corrected chi connectivity index (χ0v) is 11.3. The molecule has 2 N–H and O–H groups in total. The number of nitrogen functional groups attached to an aromatic ring is 1. The number of nitrogens with zero attached hydrogens (tertiary/aromatic N) is 3. The molecule has 0 saturated carbocycles. The van der Waals surface area contributed by atoms with Crippen molar-refractivity contribution in [3.05, 3.63) is 45.1 Å². The fourth-order valence-electron chi connectivity index (χ4n) is 2.78. The highest BCUT2D eigenvalue weighted by atomic mass is 16.6. The summed E-state index contributed by atoms with van der Waals surface area (Å²) in [4.78, 5) is 10.8. The third kappa shape index (κ3) is 1.93. The van der Waals surface area contributed by atoms with E-state index in [-0.39, 0.29) is 10.6 Å². The van der Waals surface area contributed by atoms with E-state index in [1.165, 1.54) is 6.07 Å². The summed E-state index contributed by atoms with van der Waals surface area (Å²) < 4.78 is 1.66. The van der Waals surface area contributed by atoms with Gasteiger partial charge in [-0.15, -0.1) is 5.10 Å². The van der Waals surface area contributed by atoms with Crippen molar-refractivity contribution in [1.29, 1.82) is 0 Å². The Morgan fingerprint density at radius 3 is 2.85 bits per heavy atom. The van der Waals surface area contributed by atoms with Crippen LogP contribution in [0.25, 0.3) is 5.69 Å². The lowest BCUT2D eigenvalue weighted by atomic mass is 9.97. The van der Waals surface area contributed by atoms with E-state index in [4.69, 9.17) is 5.73 Å². The Morgan fingerprint density at radius 2 is 2.10 bits per heavy atom. The molecule has 0 unspecified atom stereocenters. The quantitative estimate of drug-likeness (QED) is 0.672. The second-order valence-electron chi connectivity index (χ2n) is 5.18. The van der Waals surface area contributed by atoms with Crippen LogP contribution in [0.2, 0.25) is 0 Å². The minimum absolute atomic E-state index is 0.0615. The molecule has 0 fully saturated rings. The van der Waals surface area contributed by atoms with Crippen LogP contribution in [0.4, 0.5) is 11.5 Å². The SMILES string of the molecule is Cc1ccc([N+](=O)[O-])c(-n2nc(N)c3c2CCCC3)c1. The lowest BCUT2D eigenvalue weighted by Crippen LogP contribution is -2.09. The Labute approximate surface area is 116 Å². The van der Waals surface area contributed by atoms with Crippen LogP contribution in [0.15, 0.2) is 18.2 Å². The molecule has 104 valence electrons. The molecule has 0 atom stereocenters. The Hall–Kier alpha value is -2.37. The van der Waals surface area contributed by atoms with Gasteiger partial charge in [-0.3, -0.25) is 10.1 Å². The van der Waals surface area contributed by atoms with Gasteiger partial charge in [-0.1, -0.05) is 6.07 Å². The molecule has 0 amide bonds. The van der Waals surface area contributed by atoms with E-state index < -0.39 is 0 Å². The fraction of sp³-hybridized carbons (Fsp3) is 0.357. The highest BCUT2D eigenvalue weighted by Gasteiger charge is 2.24. The summed E-state index contributed by atoms with van der Waals surface area (Å²) in [5.74, 6) is 0.496. The summed E-state index contributed by atoms with van der Waals surface area (Å²) in [5, 5.41) is 15.6. The van der Waals surface area contributed by atoms with Crippen molar-refractivity contribution in [1.82, 2.24) is 9.78 Å². The Morgan fingerprint density at radius 1 is 1.35 bits per heavy atom. The standard InChI is InChI=1S/C14H16N4O2/c1-9-6-7-12(18(19)20)13(8-9)17-11-5-3-2-4-10(11)14(15)16-17/h6-8H,2-5H2,1H3,(H2,15,16). The molecule has 1 aliphatic rings. The number of benzene rings is 1. The van der Waals surface area contributed by atoms with Gasteiger partial charge in [-0.05, 0) is 44.2 Å². The van der Waals surface area contributed by atoms with E-state index in [0.717, 1.165) is 42.5 Å². The summed E-state index contributed by atoms with van der Waals surface area (Å²) in [6.45, 7) is 1.91. The molecule has 6 heteroatoms. The third-order valence-corrected chi connectivity index (χ3v) is 3.77. The molecule has 1 aromatic heterocycles. The summed E-state index contributed by atoms with van der Waals surface area (Å²) >= 11 is 0. The molecular formula is C14H16N4O2. The van der Waals surface area contributed by atoms with Gasteiger partial charge in [0.15, 0.2) is 0 Å². The number of nitro benzene ring substituents is 1. The number of nitro groups is 1. The van der Waals surface area contributed by atoms with Crippen molar-refractivity contribution in [2.45, 2.75) is 32.6 Å². The van der Waals surface area contributed by atoms with Crippen LogP contribution in [0.5, 0.6) is 0 Å². The molecule has 0 spiro atoms. The molecule has 1 heterocycles. The molecule has 0 bridgehead atoms. The van der Waals surface area contributed by atoms with Crippen molar-refractivity contribution >= 4 is 11.5 Å². The molecule has 2 aromatic rings. The zero-order chi connectivity index (χ0) is 14.3. The maximum Gasteiger partial charge on any atom is 0.294 e. The average Bonchev–Trinajstić information content (AvgIpc) is 2.76. The largest absolute Gasteiger partial charge is 0.382 e. The van der Waals surface area contributed by atoms with Crippen molar-refractivity contribution < 1.29 is 4.92 Å². The van der Waals surface area contributed by atoms with Crippen LogP contribution in [0.1, 0.15) is 29.7 Å². The monoisotopic (exact) mass is 272 g/mol. The molecule has 0 radical (unpaired) electrons. The summed E-state index contributed by atoms with van der Waals surface area (Å²) in [6, 6.07) is 5.05. The first kappa shape index (κ1) is 12.7. The van der Waals surface area contributed by atoms with Gasteiger partial charge in [-0.25, -0.2) is 4.68 Å². The lowest BCUT2D eigenvalue weighted by molar-refractivity contribution is -0.384. The number of hydrogen-bond donors (Lipinski definition) is 1. The second kappa shape index (κ2) is 4.63. The van der Waals surface area contributed by atoms with Gasteiger partial charge in [0, 0.05) is 17.3 Å². The number of aryl methyl sites for hydroxylation is 1. The summed E-state index contributed by atoms with van der Waals surface area (Å²) in [5.41, 5.74) is 9.55. The van der Waals surface area contributed by atoms with Gasteiger partial charge in [0.1, 0.15) is 11.5 Å². The van der Waals surface area contributed by atoms with Crippen molar-refractivity contribution in [3.8, 4) is 5.69 Å². The van der Waals surface area contributed by atoms with Crippen LogP contribution >= 0.6 is 0 Å². The second-order valence-corrected chi connectivity index (χ2v) is 5.18. The smallest absolute Gasteiger partial charge is 0.294 e. The number of rotatable bonds is 2. The van der Waals surface area contributed by atoms with Crippen molar-refractivity contribution in [2.75, 3.05) is 5.73 Å². The van der Waals surface area contributed by atoms with Gasteiger partial charge in [0.25, 0.3) is 5.69 Å². The fourth-order valence-corrected chi connectivity index (χ4v) is 2.78. The van der Waals surface area contributed by atoms with Gasteiger partial charge in [0.05, 0.1) is 4.92 Å². The average molecular weight is 272 g/mol. The van der Waals surface area contributed by atoms with Crippen LogP contribution in [-0.4, -0.2) is 14.7 Å². The summed E-state index contributed by atoms with van der Waals surface area (Å²) in [7, 11) is 0. The highest BCUT2D eigenvalue weighted by molar-refractivity contribution is 5.57. The van der Waals surface area contributed by atoms with E-state index >= 15 is 0 Å². The zero-order valence-electron chi connectivity index (χ0n) is 11.3. The molecule has 20 heavy (non-hydrogen) atoms. The predicted molar refractivity (Wildman–Crippen MR) is 76.0 cm³/mol. The van der Waals surface area contributed by atoms with Gasteiger partial charge in [0.2, 0.25) is 0 Å². The lowest BCUT2D eigenvalue weighted by Gasteiger charge is -2.14. The number of aromatic nitrogens is 2. The molecule has 0 aliphatic heterocycles. The van der Waals surface area contributed by atoms with E-state index in [0.29, 0.717) is 11.5 Å². The van der Waals surface area contributed by atoms with Crippen LogP contribution in [-0.2, 0) is 12.8 Å². The Kier molecular flexibility index (Phi) is 2.93. The number of anilines is 1. The van der Waals surface area contributed by atoms with Crippen molar-refractivity contribution in [3.63, 3.8) is 0 Å². The van der Waals surface area contributed by atoms with E-state index in [1.807, 2.05) is 6.92 Å². The minimum atomic E-state index is -0.373. The maximum atomic E-state index is 11.2. The molecule has 6 nitrogen and oxygen atoms in total. The van der Waals surface area contributed by atoms with Gasteiger partial charge >= 0.3 is 0 Å². The maximum absolute atomic E-state index is 11.2. The van der Waals surface area contributed by atoms with Gasteiger partial charge < -0.3 is 5.73 Å². The van der Waals surface area contributed by atoms with Gasteiger partial charge in [-0.2, -0.15) is 0 Å². The number of fused-ring (bicyclic) bond motifs is 1. The highest BCUT2D eigenvalue weighted by Crippen LogP contribution is 2.31. The van der Waals surface area contributed by atoms with Crippen LogP contribution in [0, 0.1) is 17.0 Å². The number of hydrogen-bond acceptors (Lipinski definition) is 4. The Bertz CT molecular complexity index is 691. The molecular weight excluding hydrogens is 256 g/mol. The number of nitrogens with two attached hydrogens (primary N) is 1. The molecule has 1 aliphatic carbocycles. The first-order valence-electron chi connectivity index (χ1n) is 6.69. The molecule has 3 rings (SSSR count). The normalized spacial score (nSPS) is 14.1. The molecule has 0 saturated heterocycles. The first-order valence-corrected chi connectivity index (χ1v) is 6.69. The topological polar surface area (TPSA) is 87.0 Å². The van der Waals surface area contributed by atoms with Crippen LogP contribution in [0.3, 0.4) is 0 Å². The van der Waals surface area contributed by atoms with E-state index in [2.05, 4.69) is 5.10 Å². The first-order chi connectivity index (χ1) is 9.58. The van der Waals surface area contributed by atoms with Crippen molar-refractivity contribution in [2.24, 2.45) is 0 Å². The Balaban J connectivity index is 2.23. The minimum Gasteiger partial charge on any atom is -0.382 e.